The molecule has 2 saturated heterocycles. The van der Waals surface area contributed by atoms with Crippen molar-refractivity contribution in [1.29, 1.82) is 0 Å². The quantitative estimate of drug-likeness (QED) is 0.550. The molecule has 4 rings (SSSR count). The minimum absolute atomic E-state index is 0.201. The number of hydrogen-bond acceptors (Lipinski definition) is 5. The number of anilines is 2. The van der Waals surface area contributed by atoms with Gasteiger partial charge in [0.2, 0.25) is 0 Å². The van der Waals surface area contributed by atoms with Gasteiger partial charge in [0.1, 0.15) is 5.60 Å². The van der Waals surface area contributed by atoms with Crippen molar-refractivity contribution in [3.8, 4) is 0 Å². The molecule has 2 heterocycles. The Morgan fingerprint density at radius 1 is 0.818 bits per heavy atom. The van der Waals surface area contributed by atoms with Crippen LogP contribution >= 0.6 is 0 Å². The molecule has 2 fully saturated rings. The van der Waals surface area contributed by atoms with Gasteiger partial charge in [-0.15, -0.1) is 0 Å². The second-order valence-electron chi connectivity index (χ2n) is 10.1. The minimum Gasteiger partial charge on any atom is -0.444 e. The van der Waals surface area contributed by atoms with Gasteiger partial charge in [0.05, 0.1) is 0 Å². The molecule has 0 aromatic heterocycles. The van der Waals surface area contributed by atoms with Crippen molar-refractivity contribution in [1.82, 2.24) is 10.2 Å². The van der Waals surface area contributed by atoms with Gasteiger partial charge in [0, 0.05) is 24.5 Å². The van der Waals surface area contributed by atoms with Crippen LogP contribution in [0.1, 0.15) is 69.4 Å². The molecule has 2 aliphatic heterocycles. The molecular weight excluding hydrogens is 412 g/mol. The number of nitrogen functional groups attached to an aromatic ring is 2. The lowest BCUT2D eigenvalue weighted by Crippen LogP contribution is -2.41. The summed E-state index contributed by atoms with van der Waals surface area (Å²) in [6.45, 7) is 9.49. The number of ether oxygens (including phenoxy) is 1. The van der Waals surface area contributed by atoms with Gasteiger partial charge in [-0.05, 0) is 107 Å². The predicted molar refractivity (Wildman–Crippen MR) is 136 cm³/mol. The molecule has 0 radical (unpaired) electrons. The monoisotopic (exact) mass is 452 g/mol. The van der Waals surface area contributed by atoms with Gasteiger partial charge in [-0.25, -0.2) is 4.79 Å². The van der Waals surface area contributed by atoms with E-state index in [9.17, 15) is 4.79 Å². The Hall–Kier alpha value is -2.73. The van der Waals surface area contributed by atoms with Crippen LogP contribution in [0.4, 0.5) is 16.2 Å². The fourth-order valence-corrected chi connectivity index (χ4v) is 4.41. The summed E-state index contributed by atoms with van der Waals surface area (Å²) in [5.41, 5.74) is 15.3. The average molecular weight is 453 g/mol. The van der Waals surface area contributed by atoms with Crippen LogP contribution in [0.15, 0.2) is 48.5 Å². The van der Waals surface area contributed by atoms with Crippen molar-refractivity contribution < 1.29 is 9.53 Å². The third kappa shape index (κ3) is 7.97. The van der Waals surface area contributed by atoms with Gasteiger partial charge in [-0.2, -0.15) is 0 Å². The highest BCUT2D eigenvalue weighted by molar-refractivity contribution is 5.68. The van der Waals surface area contributed by atoms with E-state index >= 15 is 0 Å². The number of benzene rings is 2. The average Bonchev–Trinajstić information content (AvgIpc) is 2.80. The van der Waals surface area contributed by atoms with Crippen molar-refractivity contribution in [2.45, 2.75) is 63.9 Å². The zero-order chi connectivity index (χ0) is 23.8. The minimum atomic E-state index is -0.426. The molecule has 1 amide bonds. The molecule has 0 unspecified atom stereocenters. The number of piperidine rings is 2. The largest absolute Gasteiger partial charge is 0.444 e. The molecule has 0 spiro atoms. The number of likely N-dealkylation sites (tertiary alicyclic amines) is 1. The van der Waals surface area contributed by atoms with E-state index < -0.39 is 5.60 Å². The van der Waals surface area contributed by atoms with E-state index in [0.29, 0.717) is 5.92 Å². The van der Waals surface area contributed by atoms with E-state index in [4.69, 9.17) is 16.2 Å². The molecule has 33 heavy (non-hydrogen) atoms. The molecule has 2 aromatic rings. The molecule has 2 aromatic carbocycles. The molecule has 0 aliphatic carbocycles. The Labute approximate surface area is 198 Å². The number of nitrogens with one attached hydrogen (secondary N) is 1. The first-order valence-corrected chi connectivity index (χ1v) is 12.1. The maximum atomic E-state index is 12.0. The van der Waals surface area contributed by atoms with Gasteiger partial charge in [-0.3, -0.25) is 0 Å². The lowest BCUT2D eigenvalue weighted by molar-refractivity contribution is 0.0205. The first kappa shape index (κ1) is 24.9. The molecule has 6 heteroatoms. The third-order valence-electron chi connectivity index (χ3n) is 6.30. The van der Waals surface area contributed by atoms with Crippen LogP contribution in [0.2, 0.25) is 0 Å². The summed E-state index contributed by atoms with van der Waals surface area (Å²) in [7, 11) is 0. The van der Waals surface area contributed by atoms with Crippen LogP contribution in [0.3, 0.4) is 0 Å². The van der Waals surface area contributed by atoms with E-state index in [1.807, 2.05) is 45.0 Å². The Morgan fingerprint density at radius 2 is 1.24 bits per heavy atom. The third-order valence-corrected chi connectivity index (χ3v) is 6.30. The summed E-state index contributed by atoms with van der Waals surface area (Å²) in [4.78, 5) is 13.8. The standard InChI is InChI=1S/C16H24N2O2.C11H16N2/c1-16(2,3)20-15(19)18-10-8-13(9-11-18)12-4-6-14(17)7-5-12;12-11-3-1-9(2-4-11)10-5-7-13-8-6-10/h4-7,13H,8-11,17H2,1-3H3;1-4,10,13H,5-8,12H2. The summed E-state index contributed by atoms with van der Waals surface area (Å²) in [6, 6.07) is 16.4. The summed E-state index contributed by atoms with van der Waals surface area (Å²) in [5, 5.41) is 3.37. The lowest BCUT2D eigenvalue weighted by Gasteiger charge is -2.33. The topological polar surface area (TPSA) is 93.6 Å². The van der Waals surface area contributed by atoms with E-state index in [-0.39, 0.29) is 6.09 Å². The summed E-state index contributed by atoms with van der Waals surface area (Å²) in [5.74, 6) is 1.25. The van der Waals surface area contributed by atoms with Crippen molar-refractivity contribution >= 4 is 17.5 Å². The normalized spacial score (nSPS) is 17.7. The first-order valence-electron chi connectivity index (χ1n) is 12.1. The second kappa shape index (κ2) is 11.4. The van der Waals surface area contributed by atoms with Crippen LogP contribution < -0.4 is 16.8 Å². The zero-order valence-electron chi connectivity index (χ0n) is 20.3. The number of rotatable bonds is 2. The fraction of sp³-hybridized carbons (Fsp3) is 0.519. The van der Waals surface area contributed by atoms with Gasteiger partial charge in [0.15, 0.2) is 0 Å². The Kier molecular flexibility index (Phi) is 8.61. The van der Waals surface area contributed by atoms with Crippen molar-refractivity contribution in [2.75, 3.05) is 37.6 Å². The maximum Gasteiger partial charge on any atom is 0.410 e. The molecule has 0 atom stereocenters. The maximum absolute atomic E-state index is 12.0. The first-order chi connectivity index (χ1) is 15.7. The number of nitrogens with two attached hydrogens (primary N) is 2. The molecule has 6 nitrogen and oxygen atoms in total. The molecular formula is C27H40N4O2. The van der Waals surface area contributed by atoms with E-state index in [0.717, 1.165) is 56.3 Å². The Bertz CT molecular complexity index is 860. The van der Waals surface area contributed by atoms with E-state index in [1.165, 1.54) is 24.0 Å². The molecule has 5 N–H and O–H groups in total. The van der Waals surface area contributed by atoms with Gasteiger partial charge < -0.3 is 26.4 Å². The highest BCUT2D eigenvalue weighted by Gasteiger charge is 2.27. The van der Waals surface area contributed by atoms with Crippen LogP contribution in [0, 0.1) is 0 Å². The van der Waals surface area contributed by atoms with Crippen LogP contribution in [0.5, 0.6) is 0 Å². The number of nitrogens with zero attached hydrogens (tertiary/aromatic N) is 1. The smallest absolute Gasteiger partial charge is 0.410 e. The summed E-state index contributed by atoms with van der Waals surface area (Å²) in [6.07, 6.45) is 4.26. The summed E-state index contributed by atoms with van der Waals surface area (Å²) >= 11 is 0. The van der Waals surface area contributed by atoms with Gasteiger partial charge >= 0.3 is 6.09 Å². The number of amides is 1. The molecule has 2 aliphatic rings. The van der Waals surface area contributed by atoms with Crippen molar-refractivity contribution in [3.63, 3.8) is 0 Å². The van der Waals surface area contributed by atoms with E-state index in [2.05, 4.69) is 29.6 Å². The Balaban J connectivity index is 0.000000203. The van der Waals surface area contributed by atoms with E-state index in [1.54, 1.807) is 4.90 Å². The van der Waals surface area contributed by atoms with Gasteiger partial charge in [0.25, 0.3) is 0 Å². The highest BCUT2D eigenvalue weighted by Crippen LogP contribution is 2.29. The number of carbonyl (C=O) groups excluding carboxylic acids is 1. The van der Waals surface area contributed by atoms with Crippen LogP contribution in [0.25, 0.3) is 0 Å². The van der Waals surface area contributed by atoms with Gasteiger partial charge in [-0.1, -0.05) is 24.3 Å². The SMILES string of the molecule is CC(C)(C)OC(=O)N1CCC(c2ccc(N)cc2)CC1.Nc1ccc(C2CCNCC2)cc1. The summed E-state index contributed by atoms with van der Waals surface area (Å²) < 4.78 is 5.40. The lowest BCUT2D eigenvalue weighted by atomic mass is 9.89. The second-order valence-corrected chi connectivity index (χ2v) is 10.1. The highest BCUT2D eigenvalue weighted by atomic mass is 16.6. The van der Waals surface area contributed by atoms with Crippen LogP contribution in [-0.2, 0) is 4.74 Å². The molecule has 180 valence electrons. The predicted octanol–water partition coefficient (Wildman–Crippen LogP) is 5.12. The number of hydrogen-bond donors (Lipinski definition) is 3. The zero-order valence-corrected chi connectivity index (χ0v) is 20.3. The van der Waals surface area contributed by atoms with Crippen molar-refractivity contribution in [2.24, 2.45) is 0 Å². The fourth-order valence-electron chi connectivity index (χ4n) is 4.41. The van der Waals surface area contributed by atoms with Crippen molar-refractivity contribution in [3.05, 3.63) is 59.7 Å². The molecule has 0 saturated carbocycles. The number of carbonyl (C=O) groups is 1. The van der Waals surface area contributed by atoms with Crippen LogP contribution in [-0.4, -0.2) is 42.8 Å². The molecule has 0 bridgehead atoms. The Morgan fingerprint density at radius 3 is 1.67 bits per heavy atom.